The van der Waals surface area contributed by atoms with Crippen LogP contribution in [0.4, 0.5) is 5.69 Å². The standard InChI is InChI=1S/C23H27N3O2/c27-22-9-6-16-26(22)20-12-10-19(11-13-20)23(28)24-21(17-25-14-4-5-15-25)18-7-2-1-3-8-18/h1-3,7-8,10-13,21H,4-6,9,14-17H2,(H,24,28). The molecule has 146 valence electrons. The number of benzene rings is 2. The van der Waals surface area contributed by atoms with Gasteiger partial charge in [0, 0.05) is 30.8 Å². The second kappa shape index (κ2) is 8.57. The largest absolute Gasteiger partial charge is 0.344 e. The topological polar surface area (TPSA) is 52.7 Å². The van der Waals surface area contributed by atoms with E-state index in [9.17, 15) is 9.59 Å². The fraction of sp³-hybridized carbons (Fsp3) is 0.391. The zero-order chi connectivity index (χ0) is 19.3. The van der Waals surface area contributed by atoms with Crippen LogP contribution in [0.15, 0.2) is 54.6 Å². The monoisotopic (exact) mass is 377 g/mol. The summed E-state index contributed by atoms with van der Waals surface area (Å²) in [6.45, 7) is 3.78. The van der Waals surface area contributed by atoms with Crippen LogP contribution in [0.5, 0.6) is 0 Å². The van der Waals surface area contributed by atoms with Gasteiger partial charge in [0.1, 0.15) is 0 Å². The van der Waals surface area contributed by atoms with Gasteiger partial charge in [0.05, 0.1) is 6.04 Å². The number of anilines is 1. The van der Waals surface area contributed by atoms with E-state index in [0.717, 1.165) is 43.9 Å². The molecule has 2 saturated heterocycles. The van der Waals surface area contributed by atoms with Crippen LogP contribution < -0.4 is 10.2 Å². The Bertz CT molecular complexity index is 814. The Morgan fingerprint density at radius 3 is 2.29 bits per heavy atom. The Morgan fingerprint density at radius 1 is 0.929 bits per heavy atom. The molecule has 0 spiro atoms. The van der Waals surface area contributed by atoms with Gasteiger partial charge >= 0.3 is 0 Å². The molecule has 2 amide bonds. The average molecular weight is 377 g/mol. The van der Waals surface area contributed by atoms with Crippen molar-refractivity contribution >= 4 is 17.5 Å². The first-order valence-electron chi connectivity index (χ1n) is 10.2. The molecule has 2 aliphatic rings. The van der Waals surface area contributed by atoms with Crippen molar-refractivity contribution in [3.05, 3.63) is 65.7 Å². The minimum atomic E-state index is -0.0765. The molecule has 2 aromatic rings. The summed E-state index contributed by atoms with van der Waals surface area (Å²) in [5.74, 6) is 0.0827. The molecule has 1 unspecified atom stereocenters. The van der Waals surface area contributed by atoms with Crippen molar-refractivity contribution < 1.29 is 9.59 Å². The van der Waals surface area contributed by atoms with E-state index in [0.29, 0.717) is 12.0 Å². The van der Waals surface area contributed by atoms with Crippen LogP contribution in [0.3, 0.4) is 0 Å². The van der Waals surface area contributed by atoms with Gasteiger partial charge in [0.15, 0.2) is 0 Å². The predicted octanol–water partition coefficient (Wildman–Crippen LogP) is 3.38. The molecule has 1 N–H and O–H groups in total. The van der Waals surface area contributed by atoms with Crippen LogP contribution in [0, 0.1) is 0 Å². The first kappa shape index (κ1) is 18.7. The molecule has 4 rings (SSSR count). The molecular weight excluding hydrogens is 350 g/mol. The second-order valence-corrected chi connectivity index (χ2v) is 7.64. The minimum absolute atomic E-state index is 0.0355. The zero-order valence-corrected chi connectivity index (χ0v) is 16.1. The van der Waals surface area contributed by atoms with Crippen LogP contribution in [0.25, 0.3) is 0 Å². The Hall–Kier alpha value is -2.66. The fourth-order valence-electron chi connectivity index (χ4n) is 4.10. The maximum atomic E-state index is 12.9. The van der Waals surface area contributed by atoms with E-state index in [2.05, 4.69) is 22.3 Å². The Balaban J connectivity index is 1.46. The van der Waals surface area contributed by atoms with Crippen LogP contribution >= 0.6 is 0 Å². The molecule has 1 atom stereocenters. The van der Waals surface area contributed by atoms with Gasteiger partial charge in [0.25, 0.3) is 5.91 Å². The number of nitrogens with zero attached hydrogens (tertiary/aromatic N) is 2. The first-order valence-corrected chi connectivity index (χ1v) is 10.2. The van der Waals surface area contributed by atoms with E-state index in [1.165, 1.54) is 12.8 Å². The van der Waals surface area contributed by atoms with E-state index >= 15 is 0 Å². The van der Waals surface area contributed by atoms with Gasteiger partial charge in [-0.15, -0.1) is 0 Å². The molecular formula is C23H27N3O2. The number of hydrogen-bond donors (Lipinski definition) is 1. The quantitative estimate of drug-likeness (QED) is 0.840. The normalized spacial score (nSPS) is 18.4. The van der Waals surface area contributed by atoms with E-state index in [-0.39, 0.29) is 17.9 Å². The van der Waals surface area contributed by atoms with Crippen molar-refractivity contribution in [2.24, 2.45) is 0 Å². The highest BCUT2D eigenvalue weighted by molar-refractivity contribution is 5.97. The van der Waals surface area contributed by atoms with E-state index in [1.54, 1.807) is 4.90 Å². The molecule has 5 heteroatoms. The van der Waals surface area contributed by atoms with Gasteiger partial charge in [-0.1, -0.05) is 30.3 Å². The summed E-state index contributed by atoms with van der Waals surface area (Å²) >= 11 is 0. The minimum Gasteiger partial charge on any atom is -0.344 e. The van der Waals surface area contributed by atoms with E-state index in [4.69, 9.17) is 0 Å². The van der Waals surface area contributed by atoms with Gasteiger partial charge in [-0.25, -0.2) is 0 Å². The lowest BCUT2D eigenvalue weighted by Crippen LogP contribution is -2.37. The van der Waals surface area contributed by atoms with Crippen molar-refractivity contribution in [1.29, 1.82) is 0 Å². The number of amides is 2. The van der Waals surface area contributed by atoms with Crippen LogP contribution in [-0.4, -0.2) is 42.9 Å². The summed E-state index contributed by atoms with van der Waals surface area (Å²) in [4.78, 5) is 29.0. The number of hydrogen-bond acceptors (Lipinski definition) is 3. The second-order valence-electron chi connectivity index (χ2n) is 7.64. The maximum Gasteiger partial charge on any atom is 0.251 e. The van der Waals surface area contributed by atoms with E-state index < -0.39 is 0 Å². The Morgan fingerprint density at radius 2 is 1.64 bits per heavy atom. The number of rotatable bonds is 6. The van der Waals surface area contributed by atoms with Crippen LogP contribution in [0.1, 0.15) is 47.6 Å². The SMILES string of the molecule is O=C(NC(CN1CCCC1)c1ccccc1)c1ccc(N2CCCC2=O)cc1. The lowest BCUT2D eigenvalue weighted by atomic mass is 10.1. The smallest absolute Gasteiger partial charge is 0.251 e. The Labute approximate surface area is 166 Å². The molecule has 0 aliphatic carbocycles. The van der Waals surface area contributed by atoms with Gasteiger partial charge < -0.3 is 15.1 Å². The number of carbonyl (C=O) groups is 2. The number of nitrogens with one attached hydrogen (secondary N) is 1. The fourth-order valence-corrected chi connectivity index (χ4v) is 4.10. The zero-order valence-electron chi connectivity index (χ0n) is 16.1. The van der Waals surface area contributed by atoms with Crippen molar-refractivity contribution in [2.75, 3.05) is 31.1 Å². The molecule has 2 aliphatic heterocycles. The Kier molecular flexibility index (Phi) is 5.72. The van der Waals surface area contributed by atoms with Crippen LogP contribution in [-0.2, 0) is 4.79 Å². The third kappa shape index (κ3) is 4.25. The average Bonchev–Trinajstić information content (AvgIpc) is 3.40. The third-order valence-corrected chi connectivity index (χ3v) is 5.66. The molecule has 0 aromatic heterocycles. The summed E-state index contributed by atoms with van der Waals surface area (Å²) in [7, 11) is 0. The molecule has 2 heterocycles. The molecule has 0 saturated carbocycles. The third-order valence-electron chi connectivity index (χ3n) is 5.66. The van der Waals surface area contributed by atoms with Gasteiger partial charge in [-0.2, -0.15) is 0 Å². The molecule has 0 radical (unpaired) electrons. The highest BCUT2D eigenvalue weighted by Crippen LogP contribution is 2.22. The maximum absolute atomic E-state index is 12.9. The van der Waals surface area contributed by atoms with Gasteiger partial charge in [0.2, 0.25) is 5.91 Å². The van der Waals surface area contributed by atoms with Gasteiger partial charge in [-0.05, 0) is 62.2 Å². The summed E-state index contributed by atoms with van der Waals surface area (Å²) in [5.41, 5.74) is 2.62. The van der Waals surface area contributed by atoms with E-state index in [1.807, 2.05) is 42.5 Å². The number of carbonyl (C=O) groups excluding carboxylic acids is 2. The highest BCUT2D eigenvalue weighted by Gasteiger charge is 2.23. The molecule has 0 bridgehead atoms. The summed E-state index contributed by atoms with van der Waals surface area (Å²) in [5, 5.41) is 3.21. The molecule has 28 heavy (non-hydrogen) atoms. The first-order chi connectivity index (χ1) is 13.7. The summed E-state index contributed by atoms with van der Waals surface area (Å²) in [6, 6.07) is 17.5. The van der Waals surface area contributed by atoms with Crippen molar-refractivity contribution in [2.45, 2.75) is 31.7 Å². The highest BCUT2D eigenvalue weighted by atomic mass is 16.2. The van der Waals surface area contributed by atoms with Crippen molar-refractivity contribution in [1.82, 2.24) is 10.2 Å². The lowest BCUT2D eigenvalue weighted by Gasteiger charge is -2.25. The molecule has 2 fully saturated rings. The van der Waals surface area contributed by atoms with Crippen molar-refractivity contribution in [3.8, 4) is 0 Å². The van der Waals surface area contributed by atoms with Crippen LogP contribution in [0.2, 0.25) is 0 Å². The number of likely N-dealkylation sites (tertiary alicyclic amines) is 1. The summed E-state index contributed by atoms with van der Waals surface area (Å²) in [6.07, 6.45) is 3.96. The molecule has 5 nitrogen and oxygen atoms in total. The predicted molar refractivity (Wildman–Crippen MR) is 110 cm³/mol. The van der Waals surface area contributed by atoms with Gasteiger partial charge in [-0.3, -0.25) is 9.59 Å². The summed E-state index contributed by atoms with van der Waals surface area (Å²) < 4.78 is 0. The lowest BCUT2D eigenvalue weighted by molar-refractivity contribution is -0.117. The van der Waals surface area contributed by atoms with Crippen molar-refractivity contribution in [3.63, 3.8) is 0 Å². The molecule has 2 aromatic carbocycles.